The highest BCUT2D eigenvalue weighted by Crippen LogP contribution is 2.14. The molecule has 1 amide bonds. The number of aromatic nitrogens is 2. The molecule has 0 spiro atoms. The van der Waals surface area contributed by atoms with E-state index in [-0.39, 0.29) is 5.91 Å². The van der Waals surface area contributed by atoms with Gasteiger partial charge in [0.1, 0.15) is 11.4 Å². The molecule has 0 atom stereocenters. The molecule has 1 heterocycles. The zero-order valence-corrected chi connectivity index (χ0v) is 13.7. The van der Waals surface area contributed by atoms with Gasteiger partial charge < -0.3 is 10.1 Å². The molecule has 0 saturated heterocycles. The van der Waals surface area contributed by atoms with Gasteiger partial charge in [0.25, 0.3) is 5.91 Å². The van der Waals surface area contributed by atoms with Crippen molar-refractivity contribution in [2.75, 3.05) is 6.61 Å². The summed E-state index contributed by atoms with van der Waals surface area (Å²) in [5, 5.41) is 7.08. The van der Waals surface area contributed by atoms with Crippen molar-refractivity contribution in [1.29, 1.82) is 0 Å². The Kier molecular flexibility index (Phi) is 5.97. The van der Waals surface area contributed by atoms with Crippen LogP contribution in [0.1, 0.15) is 34.6 Å². The van der Waals surface area contributed by atoms with E-state index in [2.05, 4.69) is 17.0 Å². The molecule has 0 aliphatic rings. The molecule has 1 N–H and O–H groups in total. The zero-order chi connectivity index (χ0) is 16.7. The Labute approximate surface area is 137 Å². The van der Waals surface area contributed by atoms with Crippen LogP contribution < -0.4 is 10.1 Å². The molecule has 0 unspecified atom stereocenters. The Morgan fingerprint density at radius 3 is 2.96 bits per heavy atom. The topological polar surface area (TPSA) is 56.1 Å². The monoisotopic (exact) mass is 313 g/mol. The highest BCUT2D eigenvalue weighted by molar-refractivity contribution is 5.92. The standard InChI is InChI=1S/C18H23N3O2/c1-4-5-6-10-23-16-9-7-8-15(12-16)13-19-18(22)17-11-14(2)20-21(17)3/h4,7-9,11-12H,1,5-6,10,13H2,2-3H3,(H,19,22). The van der Waals surface area contributed by atoms with Crippen molar-refractivity contribution in [1.82, 2.24) is 15.1 Å². The first-order valence-electron chi connectivity index (χ1n) is 7.71. The number of nitrogens with zero attached hydrogens (tertiary/aromatic N) is 2. The SMILES string of the molecule is C=CCCCOc1cccc(CNC(=O)c2cc(C)nn2C)c1. The third kappa shape index (κ3) is 4.98. The first-order valence-corrected chi connectivity index (χ1v) is 7.71. The Morgan fingerprint density at radius 2 is 2.26 bits per heavy atom. The maximum Gasteiger partial charge on any atom is 0.269 e. The zero-order valence-electron chi connectivity index (χ0n) is 13.7. The maximum absolute atomic E-state index is 12.2. The lowest BCUT2D eigenvalue weighted by atomic mass is 10.2. The van der Waals surface area contributed by atoms with Gasteiger partial charge in [-0.25, -0.2) is 0 Å². The molecule has 122 valence electrons. The number of ether oxygens (including phenoxy) is 1. The van der Waals surface area contributed by atoms with Crippen LogP contribution in [0.25, 0.3) is 0 Å². The van der Waals surface area contributed by atoms with E-state index in [1.165, 1.54) is 0 Å². The third-order valence-electron chi connectivity index (χ3n) is 3.41. The Hall–Kier alpha value is -2.56. The predicted molar refractivity (Wildman–Crippen MR) is 90.5 cm³/mol. The van der Waals surface area contributed by atoms with Crippen LogP contribution in [0.3, 0.4) is 0 Å². The van der Waals surface area contributed by atoms with Crippen molar-refractivity contribution >= 4 is 5.91 Å². The first-order chi connectivity index (χ1) is 11.1. The highest BCUT2D eigenvalue weighted by atomic mass is 16.5. The number of benzene rings is 1. The third-order valence-corrected chi connectivity index (χ3v) is 3.41. The Morgan fingerprint density at radius 1 is 1.43 bits per heavy atom. The summed E-state index contributed by atoms with van der Waals surface area (Å²) in [4.78, 5) is 12.2. The van der Waals surface area contributed by atoms with E-state index in [9.17, 15) is 4.79 Å². The summed E-state index contributed by atoms with van der Waals surface area (Å²) in [6.07, 6.45) is 3.78. The molecule has 0 aliphatic heterocycles. The van der Waals surface area contributed by atoms with Crippen LogP contribution in [0.15, 0.2) is 43.0 Å². The molecule has 5 heteroatoms. The number of hydrogen-bond donors (Lipinski definition) is 1. The smallest absolute Gasteiger partial charge is 0.269 e. The van der Waals surface area contributed by atoms with Crippen LogP contribution in [0.5, 0.6) is 5.75 Å². The average Bonchev–Trinajstić information content (AvgIpc) is 2.88. The summed E-state index contributed by atoms with van der Waals surface area (Å²) >= 11 is 0. The molecule has 0 aliphatic carbocycles. The van der Waals surface area contributed by atoms with Crippen LogP contribution in [0.4, 0.5) is 0 Å². The summed E-state index contributed by atoms with van der Waals surface area (Å²) in [6, 6.07) is 9.53. The number of amides is 1. The van der Waals surface area contributed by atoms with Gasteiger partial charge in [-0.15, -0.1) is 6.58 Å². The molecule has 23 heavy (non-hydrogen) atoms. The summed E-state index contributed by atoms with van der Waals surface area (Å²) in [5.41, 5.74) is 2.38. The fraction of sp³-hybridized carbons (Fsp3) is 0.333. The number of allylic oxidation sites excluding steroid dienone is 1. The molecular weight excluding hydrogens is 290 g/mol. The van der Waals surface area contributed by atoms with E-state index >= 15 is 0 Å². The van der Waals surface area contributed by atoms with Crippen LogP contribution >= 0.6 is 0 Å². The van der Waals surface area contributed by atoms with Crippen molar-refractivity contribution < 1.29 is 9.53 Å². The van der Waals surface area contributed by atoms with Gasteiger partial charge in [0.2, 0.25) is 0 Å². The lowest BCUT2D eigenvalue weighted by Gasteiger charge is -2.09. The summed E-state index contributed by atoms with van der Waals surface area (Å²) in [6.45, 7) is 6.67. The van der Waals surface area contributed by atoms with Gasteiger partial charge in [-0.2, -0.15) is 5.10 Å². The molecular formula is C18H23N3O2. The minimum atomic E-state index is -0.134. The van der Waals surface area contributed by atoms with Crippen LogP contribution in [-0.4, -0.2) is 22.3 Å². The number of hydrogen-bond acceptors (Lipinski definition) is 3. The lowest BCUT2D eigenvalue weighted by molar-refractivity contribution is 0.0941. The normalized spacial score (nSPS) is 10.3. The number of aryl methyl sites for hydroxylation is 2. The molecule has 0 bridgehead atoms. The fourth-order valence-electron chi connectivity index (χ4n) is 2.26. The minimum Gasteiger partial charge on any atom is -0.494 e. The van der Waals surface area contributed by atoms with Crippen LogP contribution in [0.2, 0.25) is 0 Å². The predicted octanol–water partition coefficient (Wildman–Crippen LogP) is 3.00. The Bertz CT molecular complexity index is 677. The van der Waals surface area contributed by atoms with Gasteiger partial charge in [-0.3, -0.25) is 9.48 Å². The minimum absolute atomic E-state index is 0.134. The maximum atomic E-state index is 12.2. The average molecular weight is 313 g/mol. The molecule has 0 fully saturated rings. The van der Waals surface area contributed by atoms with Crippen molar-refractivity contribution in [2.24, 2.45) is 7.05 Å². The van der Waals surface area contributed by atoms with Crippen molar-refractivity contribution in [3.8, 4) is 5.75 Å². The number of carbonyl (C=O) groups excluding carboxylic acids is 1. The van der Waals surface area contributed by atoms with E-state index in [1.54, 1.807) is 17.8 Å². The largest absolute Gasteiger partial charge is 0.494 e. The summed E-state index contributed by atoms with van der Waals surface area (Å²) in [7, 11) is 1.76. The summed E-state index contributed by atoms with van der Waals surface area (Å²) in [5.74, 6) is 0.683. The molecule has 2 aromatic rings. The molecule has 2 rings (SSSR count). The fourth-order valence-corrected chi connectivity index (χ4v) is 2.26. The molecule has 0 radical (unpaired) electrons. The van der Waals surface area contributed by atoms with Crippen molar-refractivity contribution in [2.45, 2.75) is 26.3 Å². The first kappa shape index (κ1) is 16.8. The molecule has 1 aromatic heterocycles. The van der Waals surface area contributed by atoms with Gasteiger partial charge in [0.05, 0.1) is 12.3 Å². The van der Waals surface area contributed by atoms with Crippen molar-refractivity contribution in [3.63, 3.8) is 0 Å². The second-order valence-electron chi connectivity index (χ2n) is 5.40. The van der Waals surface area contributed by atoms with Gasteiger partial charge in [0.15, 0.2) is 0 Å². The number of rotatable bonds is 8. The number of nitrogens with one attached hydrogen (secondary N) is 1. The van der Waals surface area contributed by atoms with E-state index in [0.29, 0.717) is 18.8 Å². The van der Waals surface area contributed by atoms with E-state index < -0.39 is 0 Å². The Balaban J connectivity index is 1.89. The van der Waals surface area contributed by atoms with Gasteiger partial charge in [0, 0.05) is 13.6 Å². The second kappa shape index (κ2) is 8.17. The lowest BCUT2D eigenvalue weighted by Crippen LogP contribution is -2.25. The van der Waals surface area contributed by atoms with Crippen molar-refractivity contribution in [3.05, 3.63) is 59.9 Å². The second-order valence-corrected chi connectivity index (χ2v) is 5.40. The van der Waals surface area contributed by atoms with E-state index in [1.807, 2.05) is 37.3 Å². The molecule has 0 saturated carbocycles. The van der Waals surface area contributed by atoms with Gasteiger partial charge in [-0.1, -0.05) is 18.2 Å². The van der Waals surface area contributed by atoms with Crippen LogP contribution in [0, 0.1) is 6.92 Å². The molecule has 5 nitrogen and oxygen atoms in total. The quantitative estimate of drug-likeness (QED) is 0.602. The van der Waals surface area contributed by atoms with Crippen LogP contribution in [-0.2, 0) is 13.6 Å². The number of unbranched alkanes of at least 4 members (excludes halogenated alkanes) is 1. The highest BCUT2D eigenvalue weighted by Gasteiger charge is 2.11. The number of carbonyl (C=O) groups is 1. The van der Waals surface area contributed by atoms with Gasteiger partial charge >= 0.3 is 0 Å². The van der Waals surface area contributed by atoms with Gasteiger partial charge in [-0.05, 0) is 43.5 Å². The molecule has 1 aromatic carbocycles. The summed E-state index contributed by atoms with van der Waals surface area (Å²) < 4.78 is 7.28. The van der Waals surface area contributed by atoms with E-state index in [0.717, 1.165) is 29.8 Å². The van der Waals surface area contributed by atoms with E-state index in [4.69, 9.17) is 4.74 Å².